The summed E-state index contributed by atoms with van der Waals surface area (Å²) in [6.45, 7) is 4.22. The largest absolute Gasteiger partial charge is 0.486 e. The second-order valence-electron chi connectivity index (χ2n) is 7.51. The molecule has 162 valence electrons. The molecule has 0 saturated carbocycles. The molecule has 4 aromatic heterocycles. The van der Waals surface area contributed by atoms with Crippen LogP contribution in [0.3, 0.4) is 0 Å². The van der Waals surface area contributed by atoms with Crippen LogP contribution in [0.15, 0.2) is 49.2 Å². The lowest BCUT2D eigenvalue weighted by molar-refractivity contribution is 0.185. The van der Waals surface area contributed by atoms with E-state index < -0.39 is 5.82 Å². The molecule has 5 rings (SSSR count). The van der Waals surface area contributed by atoms with E-state index in [1.165, 1.54) is 17.1 Å². The van der Waals surface area contributed by atoms with E-state index >= 15 is 0 Å². The van der Waals surface area contributed by atoms with Gasteiger partial charge in [0.25, 0.3) is 0 Å². The maximum atomic E-state index is 14.4. The highest BCUT2D eigenvalue weighted by Crippen LogP contribution is 2.30. The molecule has 1 aromatic carbocycles. The number of ether oxygens (including phenoxy) is 1. The third-order valence-corrected chi connectivity index (χ3v) is 5.29. The van der Waals surface area contributed by atoms with Crippen LogP contribution in [0.5, 0.6) is 5.75 Å². The summed E-state index contributed by atoms with van der Waals surface area (Å²) in [4.78, 5) is 4.80. The van der Waals surface area contributed by atoms with E-state index in [0.29, 0.717) is 17.9 Å². The Kier molecular flexibility index (Phi) is 4.85. The van der Waals surface area contributed by atoms with E-state index in [-0.39, 0.29) is 11.9 Å². The smallest absolute Gasteiger partial charge is 0.165 e. The topological polar surface area (TPSA) is 101 Å². The fourth-order valence-electron chi connectivity index (χ4n) is 3.52. The second-order valence-corrected chi connectivity index (χ2v) is 7.51. The molecule has 0 aliphatic carbocycles. The summed E-state index contributed by atoms with van der Waals surface area (Å²) < 4.78 is 25.3. The number of aryl methyl sites for hydroxylation is 1. The molecule has 0 spiro atoms. The van der Waals surface area contributed by atoms with Crippen LogP contribution in [-0.4, -0.2) is 50.7 Å². The van der Waals surface area contributed by atoms with Crippen molar-refractivity contribution in [3.63, 3.8) is 0 Å². The van der Waals surface area contributed by atoms with Gasteiger partial charge in [-0.2, -0.15) is 10.2 Å². The molecule has 0 saturated heterocycles. The van der Waals surface area contributed by atoms with Crippen LogP contribution in [0.25, 0.3) is 28.0 Å². The molecule has 1 atom stereocenters. The molecule has 4 heterocycles. The first-order valence-electron chi connectivity index (χ1n) is 10.0. The molecule has 0 unspecified atom stereocenters. The molecule has 0 fully saturated rings. The van der Waals surface area contributed by atoms with Crippen LogP contribution in [-0.2, 0) is 13.6 Å². The van der Waals surface area contributed by atoms with Gasteiger partial charge in [-0.1, -0.05) is 0 Å². The summed E-state index contributed by atoms with van der Waals surface area (Å²) in [5.74, 6) is -0.309. The van der Waals surface area contributed by atoms with E-state index in [2.05, 4.69) is 25.7 Å². The summed E-state index contributed by atoms with van der Waals surface area (Å²) in [6, 6.07) is 6.54. The quantitative estimate of drug-likeness (QED) is 0.406. The number of nitrogens with zero attached hydrogens (tertiary/aromatic N) is 9. The molecule has 0 amide bonds. The Bertz CT molecular complexity index is 1390. The Morgan fingerprint density at radius 2 is 1.97 bits per heavy atom. The van der Waals surface area contributed by atoms with Gasteiger partial charge in [0.15, 0.2) is 17.2 Å². The number of tetrazole rings is 1. The van der Waals surface area contributed by atoms with Gasteiger partial charge < -0.3 is 4.74 Å². The highest BCUT2D eigenvalue weighted by molar-refractivity contribution is 5.79. The second kappa shape index (κ2) is 7.84. The molecule has 11 heteroatoms. The van der Waals surface area contributed by atoms with Gasteiger partial charge in [0.05, 0.1) is 24.6 Å². The van der Waals surface area contributed by atoms with Crippen LogP contribution in [0.1, 0.15) is 12.6 Å². The summed E-state index contributed by atoms with van der Waals surface area (Å²) in [7, 11) is 1.89. The van der Waals surface area contributed by atoms with E-state index in [1.807, 2.05) is 37.8 Å². The van der Waals surface area contributed by atoms with Crippen LogP contribution in [0.4, 0.5) is 4.39 Å². The molecule has 0 radical (unpaired) electrons. The van der Waals surface area contributed by atoms with Gasteiger partial charge in [-0.3, -0.25) is 4.68 Å². The summed E-state index contributed by atoms with van der Waals surface area (Å²) >= 11 is 0. The van der Waals surface area contributed by atoms with Crippen molar-refractivity contribution in [2.24, 2.45) is 7.05 Å². The highest BCUT2D eigenvalue weighted by Gasteiger charge is 2.16. The van der Waals surface area contributed by atoms with Crippen molar-refractivity contribution in [3.05, 3.63) is 60.7 Å². The predicted octanol–water partition coefficient (Wildman–Crippen LogP) is 2.70. The molecule has 0 bridgehead atoms. The molecular formula is C21H20FN9O. The fourth-order valence-corrected chi connectivity index (χ4v) is 3.52. The van der Waals surface area contributed by atoms with Crippen molar-refractivity contribution in [1.82, 2.24) is 44.6 Å². The van der Waals surface area contributed by atoms with E-state index in [4.69, 9.17) is 9.72 Å². The average Bonchev–Trinajstić information content (AvgIpc) is 3.51. The van der Waals surface area contributed by atoms with Crippen molar-refractivity contribution >= 4 is 5.65 Å². The number of benzene rings is 1. The van der Waals surface area contributed by atoms with Gasteiger partial charge in [0, 0.05) is 35.6 Å². The Morgan fingerprint density at radius 3 is 2.72 bits per heavy atom. The Morgan fingerprint density at radius 1 is 1.12 bits per heavy atom. The van der Waals surface area contributed by atoms with Crippen molar-refractivity contribution in [2.45, 2.75) is 26.5 Å². The van der Waals surface area contributed by atoms with Crippen molar-refractivity contribution in [2.75, 3.05) is 0 Å². The number of halogens is 1. The van der Waals surface area contributed by atoms with E-state index in [9.17, 15) is 4.39 Å². The molecule has 0 aliphatic heterocycles. The van der Waals surface area contributed by atoms with E-state index in [1.54, 1.807) is 29.0 Å². The summed E-state index contributed by atoms with van der Waals surface area (Å²) in [5, 5.41) is 19.7. The first kappa shape index (κ1) is 19.8. The zero-order valence-corrected chi connectivity index (χ0v) is 17.7. The van der Waals surface area contributed by atoms with E-state index in [0.717, 1.165) is 22.4 Å². The van der Waals surface area contributed by atoms with Crippen LogP contribution in [0.2, 0.25) is 0 Å². The third-order valence-electron chi connectivity index (χ3n) is 5.29. The van der Waals surface area contributed by atoms with Gasteiger partial charge in [0.2, 0.25) is 0 Å². The number of hydrogen-bond donors (Lipinski definition) is 0. The zero-order chi connectivity index (χ0) is 22.2. The molecule has 0 aliphatic rings. The molecule has 0 N–H and O–H groups in total. The maximum absolute atomic E-state index is 14.4. The standard InChI is InChI=1S/C21H20FN9O/c1-13(11-30-12-23-27-28-30)32-20-8-15(4-5-18(20)22)19-6-7-31-21(26-19)17(10-25-31)16-9-24-29(3)14(16)2/h4-10,12-13H,11H2,1-3H3/t13-/m0/s1. The Hall–Kier alpha value is -4.15. The van der Waals surface area contributed by atoms with Gasteiger partial charge in [-0.25, -0.2) is 18.6 Å². The number of aromatic nitrogens is 9. The minimum absolute atomic E-state index is 0.140. The van der Waals surface area contributed by atoms with Crippen molar-refractivity contribution in [3.8, 4) is 28.1 Å². The highest BCUT2D eigenvalue weighted by atomic mass is 19.1. The lowest BCUT2D eigenvalue weighted by atomic mass is 10.1. The number of fused-ring (bicyclic) bond motifs is 1. The summed E-state index contributed by atoms with van der Waals surface area (Å²) in [5.41, 5.74) is 4.96. The maximum Gasteiger partial charge on any atom is 0.165 e. The summed E-state index contributed by atoms with van der Waals surface area (Å²) in [6.07, 6.45) is 6.55. The first-order valence-corrected chi connectivity index (χ1v) is 10.0. The molecular weight excluding hydrogens is 413 g/mol. The van der Waals surface area contributed by atoms with Crippen LogP contribution < -0.4 is 4.74 Å². The van der Waals surface area contributed by atoms with Crippen LogP contribution in [0, 0.1) is 12.7 Å². The zero-order valence-electron chi connectivity index (χ0n) is 17.7. The van der Waals surface area contributed by atoms with Gasteiger partial charge in [-0.15, -0.1) is 5.10 Å². The SMILES string of the molecule is Cc1c(-c2cnn3ccc(-c4ccc(F)c(O[C@@H](C)Cn5cnnn5)c4)nc23)cnn1C. The molecule has 10 nitrogen and oxygen atoms in total. The first-order chi connectivity index (χ1) is 15.5. The van der Waals surface area contributed by atoms with Crippen molar-refractivity contribution < 1.29 is 9.13 Å². The predicted molar refractivity (Wildman–Crippen MR) is 113 cm³/mol. The lowest BCUT2D eigenvalue weighted by Gasteiger charge is -2.15. The normalized spacial score (nSPS) is 12.4. The molecule has 5 aromatic rings. The number of hydrogen-bond acceptors (Lipinski definition) is 7. The monoisotopic (exact) mass is 433 g/mol. The van der Waals surface area contributed by atoms with Gasteiger partial charge >= 0.3 is 0 Å². The molecule has 32 heavy (non-hydrogen) atoms. The minimum atomic E-state index is -0.450. The average molecular weight is 433 g/mol. The minimum Gasteiger partial charge on any atom is -0.486 e. The Labute approximate surface area is 182 Å². The number of rotatable bonds is 6. The lowest BCUT2D eigenvalue weighted by Crippen LogP contribution is -2.20. The van der Waals surface area contributed by atoms with Crippen LogP contribution >= 0.6 is 0 Å². The Balaban J connectivity index is 1.48. The van der Waals surface area contributed by atoms with Gasteiger partial charge in [0.1, 0.15) is 12.4 Å². The fraction of sp³-hybridized carbons (Fsp3) is 0.238. The van der Waals surface area contributed by atoms with Gasteiger partial charge in [-0.05, 0) is 48.5 Å². The third kappa shape index (κ3) is 3.57. The van der Waals surface area contributed by atoms with Crippen molar-refractivity contribution in [1.29, 1.82) is 0 Å².